The zero-order valence-corrected chi connectivity index (χ0v) is 8.51. The highest BCUT2D eigenvalue weighted by molar-refractivity contribution is 4.65. The molecular weight excluding hydrogens is 148 g/mol. The summed E-state index contributed by atoms with van der Waals surface area (Å²) in [5.74, 6) is 0.970. The van der Waals surface area contributed by atoms with Gasteiger partial charge in [0.05, 0.1) is 6.10 Å². The van der Waals surface area contributed by atoms with E-state index in [1.807, 2.05) is 0 Å². The van der Waals surface area contributed by atoms with Crippen LogP contribution in [-0.2, 0) is 4.74 Å². The van der Waals surface area contributed by atoms with Crippen LogP contribution >= 0.6 is 0 Å². The maximum atomic E-state index is 5.54. The average Bonchev–Trinajstić information content (AvgIpc) is 2.05. The first-order valence-electron chi connectivity index (χ1n) is 5.40. The van der Waals surface area contributed by atoms with Crippen molar-refractivity contribution >= 4 is 0 Å². The third-order valence-corrected chi connectivity index (χ3v) is 2.70. The zero-order chi connectivity index (χ0) is 8.81. The molecule has 1 aliphatic carbocycles. The molecular formula is C11H22O. The third kappa shape index (κ3) is 4.10. The molecule has 1 aliphatic rings. The van der Waals surface area contributed by atoms with Gasteiger partial charge in [-0.3, -0.25) is 0 Å². The Hall–Kier alpha value is -0.0400. The molecule has 0 bridgehead atoms. The van der Waals surface area contributed by atoms with Gasteiger partial charge in [-0.1, -0.05) is 32.1 Å². The van der Waals surface area contributed by atoms with E-state index >= 15 is 0 Å². The minimum Gasteiger partial charge on any atom is -0.379 e. The maximum Gasteiger partial charge on any atom is 0.0518 e. The van der Waals surface area contributed by atoms with Crippen LogP contribution in [0.4, 0.5) is 0 Å². The van der Waals surface area contributed by atoms with E-state index in [0.717, 1.165) is 12.5 Å². The lowest BCUT2D eigenvalue weighted by atomic mass is 9.87. The summed E-state index contributed by atoms with van der Waals surface area (Å²) >= 11 is 0. The van der Waals surface area contributed by atoms with Crippen molar-refractivity contribution in [1.82, 2.24) is 0 Å². The van der Waals surface area contributed by atoms with Crippen molar-refractivity contribution in [2.45, 2.75) is 58.5 Å². The van der Waals surface area contributed by atoms with E-state index in [4.69, 9.17) is 4.74 Å². The molecule has 0 N–H and O–H groups in total. The number of ether oxygens (including phenoxy) is 1. The van der Waals surface area contributed by atoms with Gasteiger partial charge in [0.2, 0.25) is 0 Å². The molecule has 72 valence electrons. The molecule has 1 heteroatoms. The van der Waals surface area contributed by atoms with E-state index in [1.165, 1.54) is 38.5 Å². The van der Waals surface area contributed by atoms with E-state index in [0.29, 0.717) is 6.10 Å². The van der Waals surface area contributed by atoms with Gasteiger partial charge in [-0.25, -0.2) is 0 Å². The average molecular weight is 170 g/mol. The molecule has 0 aromatic carbocycles. The monoisotopic (exact) mass is 170 g/mol. The van der Waals surface area contributed by atoms with Crippen LogP contribution in [0.1, 0.15) is 52.4 Å². The van der Waals surface area contributed by atoms with Crippen LogP contribution < -0.4 is 0 Å². The van der Waals surface area contributed by atoms with E-state index in [9.17, 15) is 0 Å². The van der Waals surface area contributed by atoms with Gasteiger partial charge in [0.1, 0.15) is 0 Å². The Morgan fingerprint density at radius 2 is 1.83 bits per heavy atom. The fraction of sp³-hybridized carbons (Fsp3) is 1.00. The largest absolute Gasteiger partial charge is 0.379 e. The molecule has 0 spiro atoms. The second-order valence-electron chi connectivity index (χ2n) is 4.21. The summed E-state index contributed by atoms with van der Waals surface area (Å²) in [7, 11) is 0. The van der Waals surface area contributed by atoms with Gasteiger partial charge in [-0.15, -0.1) is 0 Å². The Balaban J connectivity index is 1.98. The molecule has 1 saturated carbocycles. The summed E-state index contributed by atoms with van der Waals surface area (Å²) in [6.45, 7) is 5.20. The topological polar surface area (TPSA) is 9.23 Å². The molecule has 0 atom stereocenters. The summed E-state index contributed by atoms with van der Waals surface area (Å²) in [5, 5.41) is 0. The van der Waals surface area contributed by atoms with Gasteiger partial charge in [0.25, 0.3) is 0 Å². The van der Waals surface area contributed by atoms with Crippen molar-refractivity contribution in [3.63, 3.8) is 0 Å². The molecule has 0 heterocycles. The van der Waals surface area contributed by atoms with Gasteiger partial charge >= 0.3 is 0 Å². The lowest BCUT2D eigenvalue weighted by molar-refractivity contribution is 0.0648. The van der Waals surface area contributed by atoms with Crippen LogP contribution in [0.15, 0.2) is 0 Å². The molecule has 0 unspecified atom stereocenters. The van der Waals surface area contributed by atoms with E-state index in [1.54, 1.807) is 0 Å². The molecule has 12 heavy (non-hydrogen) atoms. The number of rotatable bonds is 4. The first kappa shape index (κ1) is 10.0. The summed E-state index contributed by atoms with van der Waals surface area (Å²) in [4.78, 5) is 0. The molecule has 0 saturated heterocycles. The van der Waals surface area contributed by atoms with Crippen molar-refractivity contribution in [2.75, 3.05) is 6.61 Å². The molecule has 0 aromatic heterocycles. The summed E-state index contributed by atoms with van der Waals surface area (Å²) < 4.78 is 5.54. The summed E-state index contributed by atoms with van der Waals surface area (Å²) in [6, 6.07) is 0. The van der Waals surface area contributed by atoms with Crippen LogP contribution in [-0.4, -0.2) is 12.7 Å². The highest BCUT2D eigenvalue weighted by atomic mass is 16.5. The normalized spacial score (nSPS) is 20.2. The highest BCUT2D eigenvalue weighted by Crippen LogP contribution is 2.26. The van der Waals surface area contributed by atoms with Gasteiger partial charge in [0.15, 0.2) is 0 Å². The van der Waals surface area contributed by atoms with Crippen LogP contribution in [0.3, 0.4) is 0 Å². The van der Waals surface area contributed by atoms with Gasteiger partial charge in [-0.05, 0) is 26.2 Å². The number of hydrogen-bond acceptors (Lipinski definition) is 1. The zero-order valence-electron chi connectivity index (χ0n) is 8.51. The van der Waals surface area contributed by atoms with E-state index in [2.05, 4.69) is 13.8 Å². The predicted octanol–water partition coefficient (Wildman–Crippen LogP) is 3.38. The van der Waals surface area contributed by atoms with Crippen molar-refractivity contribution in [3.8, 4) is 0 Å². The molecule has 1 fully saturated rings. The van der Waals surface area contributed by atoms with Crippen LogP contribution in [0.5, 0.6) is 0 Å². The van der Waals surface area contributed by atoms with Gasteiger partial charge < -0.3 is 4.74 Å². The Morgan fingerprint density at radius 3 is 2.42 bits per heavy atom. The fourth-order valence-corrected chi connectivity index (χ4v) is 1.95. The maximum absolute atomic E-state index is 5.54. The van der Waals surface area contributed by atoms with Crippen LogP contribution in [0, 0.1) is 5.92 Å². The predicted molar refractivity (Wildman–Crippen MR) is 52.3 cm³/mol. The molecule has 0 amide bonds. The first-order valence-corrected chi connectivity index (χ1v) is 5.40. The first-order chi connectivity index (χ1) is 5.79. The Morgan fingerprint density at radius 1 is 1.17 bits per heavy atom. The van der Waals surface area contributed by atoms with Gasteiger partial charge in [0, 0.05) is 6.61 Å². The lowest BCUT2D eigenvalue weighted by Crippen LogP contribution is -2.11. The fourth-order valence-electron chi connectivity index (χ4n) is 1.95. The third-order valence-electron chi connectivity index (χ3n) is 2.70. The molecule has 0 radical (unpaired) electrons. The quantitative estimate of drug-likeness (QED) is 0.628. The minimum atomic E-state index is 0.411. The second kappa shape index (κ2) is 5.58. The van der Waals surface area contributed by atoms with Crippen molar-refractivity contribution < 1.29 is 4.74 Å². The Labute approximate surface area is 76.5 Å². The number of hydrogen-bond donors (Lipinski definition) is 0. The molecule has 1 nitrogen and oxygen atoms in total. The van der Waals surface area contributed by atoms with Crippen LogP contribution in [0.2, 0.25) is 0 Å². The summed E-state index contributed by atoms with van der Waals surface area (Å²) in [5.41, 5.74) is 0. The van der Waals surface area contributed by atoms with Crippen molar-refractivity contribution in [3.05, 3.63) is 0 Å². The highest BCUT2D eigenvalue weighted by Gasteiger charge is 2.12. The minimum absolute atomic E-state index is 0.411. The molecule has 0 aliphatic heterocycles. The molecule has 1 rings (SSSR count). The van der Waals surface area contributed by atoms with E-state index in [-0.39, 0.29) is 0 Å². The van der Waals surface area contributed by atoms with Gasteiger partial charge in [-0.2, -0.15) is 0 Å². The molecule has 0 aromatic rings. The van der Waals surface area contributed by atoms with Crippen molar-refractivity contribution in [1.29, 1.82) is 0 Å². The SMILES string of the molecule is CC(C)OCCC1CCCCC1. The lowest BCUT2D eigenvalue weighted by Gasteiger charge is -2.21. The Bertz CT molecular complexity index is 104. The van der Waals surface area contributed by atoms with Crippen molar-refractivity contribution in [2.24, 2.45) is 5.92 Å². The van der Waals surface area contributed by atoms with E-state index < -0.39 is 0 Å². The van der Waals surface area contributed by atoms with Crippen LogP contribution in [0.25, 0.3) is 0 Å². The summed E-state index contributed by atoms with van der Waals surface area (Å²) in [6.07, 6.45) is 8.95. The standard InChI is InChI=1S/C11H22O/c1-10(2)12-9-8-11-6-4-3-5-7-11/h10-11H,3-9H2,1-2H3. The second-order valence-corrected chi connectivity index (χ2v) is 4.21. The smallest absolute Gasteiger partial charge is 0.0518 e. The Kier molecular flexibility index (Phi) is 4.67.